The molecule has 0 fully saturated rings. The van der Waals surface area contributed by atoms with Gasteiger partial charge in [-0.05, 0) is 30.0 Å². The van der Waals surface area contributed by atoms with Crippen molar-refractivity contribution in [2.45, 2.75) is 6.42 Å². The van der Waals surface area contributed by atoms with Crippen LogP contribution in [-0.4, -0.2) is 17.6 Å². The second kappa shape index (κ2) is 5.75. The Morgan fingerprint density at radius 1 is 1.30 bits per heavy atom. The average Bonchev–Trinajstić information content (AvgIpc) is 3.20. The van der Waals surface area contributed by atoms with Gasteiger partial charge >= 0.3 is 0 Å². The molecule has 0 saturated carbocycles. The molecule has 3 heterocycles. The van der Waals surface area contributed by atoms with E-state index in [9.17, 15) is 4.79 Å². The van der Waals surface area contributed by atoms with Gasteiger partial charge in [0.15, 0.2) is 11.5 Å². The smallest absolute Gasteiger partial charge is 0.273 e. The zero-order chi connectivity index (χ0) is 13.8. The van der Waals surface area contributed by atoms with E-state index in [1.165, 1.54) is 4.88 Å². The van der Waals surface area contributed by atoms with Gasteiger partial charge in [-0.1, -0.05) is 11.2 Å². The molecule has 0 aliphatic heterocycles. The molecule has 6 heteroatoms. The molecule has 3 aromatic heterocycles. The number of rotatable bonds is 5. The Morgan fingerprint density at radius 2 is 2.25 bits per heavy atom. The molecule has 20 heavy (non-hydrogen) atoms. The third kappa shape index (κ3) is 2.80. The van der Waals surface area contributed by atoms with Crippen molar-refractivity contribution < 1.29 is 13.7 Å². The largest absolute Gasteiger partial charge is 0.461 e. The Hall–Kier alpha value is -2.34. The van der Waals surface area contributed by atoms with Gasteiger partial charge in [0.2, 0.25) is 5.76 Å². The summed E-state index contributed by atoms with van der Waals surface area (Å²) >= 11 is 1.67. The number of furan rings is 1. The highest BCUT2D eigenvalue weighted by Crippen LogP contribution is 2.20. The van der Waals surface area contributed by atoms with Gasteiger partial charge in [-0.15, -0.1) is 11.3 Å². The van der Waals surface area contributed by atoms with Crippen LogP contribution in [0.5, 0.6) is 0 Å². The summed E-state index contributed by atoms with van der Waals surface area (Å²) in [6, 6.07) is 9.11. The quantitative estimate of drug-likeness (QED) is 0.783. The molecule has 3 aromatic rings. The lowest BCUT2D eigenvalue weighted by atomic mass is 10.3. The molecule has 0 atom stereocenters. The van der Waals surface area contributed by atoms with Crippen molar-refractivity contribution in [3.05, 3.63) is 52.5 Å². The molecule has 3 rings (SSSR count). The van der Waals surface area contributed by atoms with E-state index in [4.69, 9.17) is 8.94 Å². The van der Waals surface area contributed by atoms with E-state index in [0.717, 1.165) is 6.42 Å². The summed E-state index contributed by atoms with van der Waals surface area (Å²) in [5, 5.41) is 8.57. The van der Waals surface area contributed by atoms with Gasteiger partial charge < -0.3 is 14.3 Å². The minimum atomic E-state index is -0.247. The predicted octanol–water partition coefficient (Wildman–Crippen LogP) is 2.97. The van der Waals surface area contributed by atoms with Crippen molar-refractivity contribution in [3.8, 4) is 11.5 Å². The van der Waals surface area contributed by atoms with E-state index in [1.807, 2.05) is 17.5 Å². The predicted molar refractivity (Wildman–Crippen MR) is 74.6 cm³/mol. The van der Waals surface area contributed by atoms with Crippen molar-refractivity contribution in [1.29, 1.82) is 0 Å². The molecule has 0 spiro atoms. The van der Waals surface area contributed by atoms with E-state index in [1.54, 1.807) is 35.8 Å². The topological polar surface area (TPSA) is 68.3 Å². The van der Waals surface area contributed by atoms with E-state index >= 15 is 0 Å². The van der Waals surface area contributed by atoms with Crippen LogP contribution in [0, 0.1) is 0 Å². The summed E-state index contributed by atoms with van der Waals surface area (Å²) < 4.78 is 10.3. The first-order chi connectivity index (χ1) is 9.83. The second-order valence-electron chi connectivity index (χ2n) is 4.14. The van der Waals surface area contributed by atoms with Crippen molar-refractivity contribution in [2.75, 3.05) is 6.54 Å². The molecule has 0 unspecified atom stereocenters. The fraction of sp³-hybridized carbons (Fsp3) is 0.143. The molecule has 0 saturated heterocycles. The lowest BCUT2D eigenvalue weighted by molar-refractivity contribution is 0.0945. The fourth-order valence-electron chi connectivity index (χ4n) is 1.76. The summed E-state index contributed by atoms with van der Waals surface area (Å²) in [5.41, 5.74) is 0.252. The van der Waals surface area contributed by atoms with E-state index in [2.05, 4.69) is 10.5 Å². The van der Waals surface area contributed by atoms with E-state index < -0.39 is 0 Å². The summed E-state index contributed by atoms with van der Waals surface area (Å²) in [4.78, 5) is 13.1. The van der Waals surface area contributed by atoms with Crippen molar-refractivity contribution in [2.24, 2.45) is 0 Å². The lowest BCUT2D eigenvalue weighted by Crippen LogP contribution is -2.25. The maximum absolute atomic E-state index is 11.9. The van der Waals surface area contributed by atoms with E-state index in [0.29, 0.717) is 18.1 Å². The van der Waals surface area contributed by atoms with Crippen molar-refractivity contribution in [3.63, 3.8) is 0 Å². The first kappa shape index (κ1) is 12.7. The number of carbonyl (C=O) groups is 1. The normalized spacial score (nSPS) is 10.6. The lowest BCUT2D eigenvalue weighted by Gasteiger charge is -2.00. The minimum absolute atomic E-state index is 0.247. The van der Waals surface area contributed by atoms with Crippen LogP contribution in [0.3, 0.4) is 0 Å². The zero-order valence-corrected chi connectivity index (χ0v) is 11.4. The SMILES string of the molecule is O=C(NCCc1cccs1)c1cc(-c2ccco2)on1. The number of hydrogen-bond donors (Lipinski definition) is 1. The number of hydrogen-bond acceptors (Lipinski definition) is 5. The van der Waals surface area contributed by atoms with Crippen molar-refractivity contribution >= 4 is 17.2 Å². The maximum Gasteiger partial charge on any atom is 0.273 e. The third-order valence-corrected chi connectivity index (χ3v) is 3.68. The molecule has 0 aliphatic carbocycles. The standard InChI is InChI=1S/C14H12N2O3S/c17-14(15-6-5-10-3-2-8-20-10)11-9-13(19-16-11)12-4-1-7-18-12/h1-4,7-9H,5-6H2,(H,15,17). The Balaban J connectivity index is 1.57. The number of aromatic nitrogens is 1. The van der Waals surface area contributed by atoms with Gasteiger partial charge in [-0.3, -0.25) is 4.79 Å². The van der Waals surface area contributed by atoms with Crippen LogP contribution in [0.15, 0.2) is 50.9 Å². The fourth-order valence-corrected chi connectivity index (χ4v) is 2.47. The number of thiophene rings is 1. The second-order valence-corrected chi connectivity index (χ2v) is 5.17. The summed E-state index contributed by atoms with van der Waals surface area (Å²) in [6.45, 7) is 0.572. The third-order valence-electron chi connectivity index (χ3n) is 2.74. The molecule has 0 aromatic carbocycles. The molecule has 0 radical (unpaired) electrons. The van der Waals surface area contributed by atoms with Crippen molar-refractivity contribution in [1.82, 2.24) is 10.5 Å². The van der Waals surface area contributed by atoms with Gasteiger partial charge in [0.25, 0.3) is 5.91 Å². The highest BCUT2D eigenvalue weighted by molar-refractivity contribution is 7.09. The number of carbonyl (C=O) groups excluding carboxylic acids is 1. The van der Waals surface area contributed by atoms with Crippen LogP contribution < -0.4 is 5.32 Å². The van der Waals surface area contributed by atoms with Crippen LogP contribution >= 0.6 is 11.3 Å². The van der Waals surface area contributed by atoms with Crippen LogP contribution in [0.2, 0.25) is 0 Å². The molecular formula is C14H12N2O3S. The number of amides is 1. The molecule has 102 valence electrons. The van der Waals surface area contributed by atoms with Crippen LogP contribution in [-0.2, 0) is 6.42 Å². The average molecular weight is 288 g/mol. The minimum Gasteiger partial charge on any atom is -0.461 e. The van der Waals surface area contributed by atoms with Crippen LogP contribution in [0.4, 0.5) is 0 Å². The summed E-state index contributed by atoms with van der Waals surface area (Å²) in [5.74, 6) is 0.747. The van der Waals surface area contributed by atoms with Gasteiger partial charge in [-0.2, -0.15) is 0 Å². The van der Waals surface area contributed by atoms with Gasteiger partial charge in [0.05, 0.1) is 6.26 Å². The molecule has 5 nitrogen and oxygen atoms in total. The Morgan fingerprint density at radius 3 is 3.00 bits per heavy atom. The monoisotopic (exact) mass is 288 g/mol. The van der Waals surface area contributed by atoms with E-state index in [-0.39, 0.29) is 11.6 Å². The Labute approximate surface area is 119 Å². The van der Waals surface area contributed by atoms with Gasteiger partial charge in [-0.25, -0.2) is 0 Å². The van der Waals surface area contributed by atoms with Crippen LogP contribution in [0.1, 0.15) is 15.4 Å². The highest BCUT2D eigenvalue weighted by Gasteiger charge is 2.14. The molecule has 1 amide bonds. The Bertz CT molecular complexity index is 671. The number of nitrogens with one attached hydrogen (secondary N) is 1. The summed E-state index contributed by atoms with van der Waals surface area (Å²) in [7, 11) is 0. The number of nitrogens with zero attached hydrogens (tertiary/aromatic N) is 1. The summed E-state index contributed by atoms with van der Waals surface area (Å²) in [6.07, 6.45) is 2.35. The Kier molecular flexibility index (Phi) is 3.64. The molecular weight excluding hydrogens is 276 g/mol. The van der Waals surface area contributed by atoms with Gasteiger partial charge in [0.1, 0.15) is 0 Å². The highest BCUT2D eigenvalue weighted by atomic mass is 32.1. The first-order valence-corrected chi connectivity index (χ1v) is 7.02. The molecule has 0 aliphatic rings. The first-order valence-electron chi connectivity index (χ1n) is 6.14. The van der Waals surface area contributed by atoms with Gasteiger partial charge in [0, 0.05) is 17.5 Å². The molecule has 1 N–H and O–H groups in total. The zero-order valence-electron chi connectivity index (χ0n) is 10.5. The maximum atomic E-state index is 11.9. The van der Waals surface area contributed by atoms with Crippen LogP contribution in [0.25, 0.3) is 11.5 Å². The molecule has 0 bridgehead atoms.